The van der Waals surface area contributed by atoms with Crippen LogP contribution in [0.2, 0.25) is 0 Å². The first-order chi connectivity index (χ1) is 13.9. The molecule has 0 aliphatic rings. The van der Waals surface area contributed by atoms with Gasteiger partial charge in [0.2, 0.25) is 0 Å². The Kier molecular flexibility index (Phi) is 9.18. The lowest BCUT2D eigenvalue weighted by Gasteiger charge is -2.34. The van der Waals surface area contributed by atoms with Gasteiger partial charge in [0, 0.05) is 32.4 Å². The van der Waals surface area contributed by atoms with Gasteiger partial charge in [0.25, 0.3) is 0 Å². The highest BCUT2D eigenvalue weighted by Crippen LogP contribution is 2.17. The van der Waals surface area contributed by atoms with E-state index in [0.29, 0.717) is 12.5 Å². The van der Waals surface area contributed by atoms with E-state index in [4.69, 9.17) is 4.74 Å². The Bertz CT molecular complexity index is 729. The fourth-order valence-electron chi connectivity index (χ4n) is 3.39. The van der Waals surface area contributed by atoms with Crippen molar-refractivity contribution < 1.29 is 9.53 Å². The second-order valence-electron chi connectivity index (χ2n) is 9.06. The summed E-state index contributed by atoms with van der Waals surface area (Å²) in [6, 6.07) is 0.175. The van der Waals surface area contributed by atoms with Crippen LogP contribution in [0.3, 0.4) is 0 Å². The van der Waals surface area contributed by atoms with Crippen molar-refractivity contribution in [3.8, 4) is 0 Å². The van der Waals surface area contributed by atoms with Crippen LogP contribution in [0.25, 0.3) is 0 Å². The number of aromatic nitrogens is 2. The zero-order valence-electron chi connectivity index (χ0n) is 20.6. The number of carbonyl (C=O) groups is 1. The molecule has 0 saturated heterocycles. The maximum Gasteiger partial charge on any atom is 0.408 e. The van der Waals surface area contributed by atoms with Crippen molar-refractivity contribution in [3.63, 3.8) is 0 Å². The van der Waals surface area contributed by atoms with Gasteiger partial charge in [-0.15, -0.1) is 0 Å². The molecule has 0 saturated carbocycles. The van der Waals surface area contributed by atoms with E-state index in [1.807, 2.05) is 39.4 Å². The normalized spacial score (nSPS) is 13.7. The fourth-order valence-corrected chi connectivity index (χ4v) is 3.39. The minimum absolute atomic E-state index is 0.175. The molecule has 1 aromatic rings. The molecule has 0 radical (unpaired) electrons. The molecule has 1 heterocycles. The van der Waals surface area contributed by atoms with Crippen LogP contribution in [0.4, 0.5) is 4.79 Å². The highest BCUT2D eigenvalue weighted by atomic mass is 16.6. The maximum atomic E-state index is 12.3. The molecular weight excluding hydrogens is 380 g/mol. The summed E-state index contributed by atoms with van der Waals surface area (Å²) in [5.41, 5.74) is 2.56. The highest BCUT2D eigenvalue weighted by molar-refractivity contribution is 5.80. The first kappa shape index (κ1) is 25.8. The Hall–Kier alpha value is -2.25. The molecule has 8 nitrogen and oxygen atoms in total. The van der Waals surface area contributed by atoms with Gasteiger partial charge in [-0.2, -0.15) is 5.10 Å². The Morgan fingerprint density at radius 1 is 1.23 bits per heavy atom. The number of nitrogens with one attached hydrogen (secondary N) is 3. The summed E-state index contributed by atoms with van der Waals surface area (Å²) >= 11 is 0. The van der Waals surface area contributed by atoms with Crippen LogP contribution < -0.4 is 16.0 Å². The van der Waals surface area contributed by atoms with Crippen LogP contribution in [0.5, 0.6) is 0 Å². The minimum Gasteiger partial charge on any atom is -0.444 e. The van der Waals surface area contributed by atoms with Crippen molar-refractivity contribution in [3.05, 3.63) is 17.0 Å². The molecule has 1 unspecified atom stereocenters. The third-order valence-electron chi connectivity index (χ3n) is 5.49. The molecule has 1 aromatic heterocycles. The van der Waals surface area contributed by atoms with E-state index in [0.717, 1.165) is 25.0 Å². The van der Waals surface area contributed by atoms with Crippen molar-refractivity contribution in [1.29, 1.82) is 0 Å². The molecular formula is C22H42N6O2. The van der Waals surface area contributed by atoms with Gasteiger partial charge in [0.1, 0.15) is 5.60 Å². The Balaban J connectivity index is 2.73. The molecule has 1 rings (SSSR count). The number of aryl methyl sites for hydroxylation is 2. The van der Waals surface area contributed by atoms with Crippen molar-refractivity contribution >= 4 is 12.1 Å². The van der Waals surface area contributed by atoms with Gasteiger partial charge in [-0.05, 0) is 66.4 Å². The second-order valence-corrected chi connectivity index (χ2v) is 9.06. The van der Waals surface area contributed by atoms with Crippen LogP contribution in [-0.2, 0) is 18.2 Å². The number of hydrogen-bond acceptors (Lipinski definition) is 4. The fraction of sp³-hybridized carbons (Fsp3) is 0.773. The van der Waals surface area contributed by atoms with Gasteiger partial charge in [-0.1, -0.05) is 13.8 Å². The zero-order chi connectivity index (χ0) is 23.1. The van der Waals surface area contributed by atoms with Crippen molar-refractivity contribution in [2.75, 3.05) is 13.6 Å². The molecule has 1 atom stereocenters. The summed E-state index contributed by atoms with van der Waals surface area (Å²) in [5, 5.41) is 14.4. The number of ether oxygens (including phenoxy) is 1. The molecule has 3 N–H and O–H groups in total. The standard InChI is InChI=1S/C22H42N6O2/c1-11-22(12-2,26-20(29)30-21(6,7)8)14-24-19(23-9)25-15(3)13-18-16(4)27-28(10)17(18)5/h15H,11-14H2,1-10H3,(H,26,29)(H2,23,24,25). The first-order valence-electron chi connectivity index (χ1n) is 10.8. The Morgan fingerprint density at radius 2 is 1.83 bits per heavy atom. The molecule has 0 aliphatic carbocycles. The molecule has 30 heavy (non-hydrogen) atoms. The largest absolute Gasteiger partial charge is 0.444 e. The summed E-state index contributed by atoms with van der Waals surface area (Å²) in [7, 11) is 3.72. The number of carbonyl (C=O) groups excluding carboxylic acids is 1. The summed E-state index contributed by atoms with van der Waals surface area (Å²) in [4.78, 5) is 16.7. The minimum atomic E-state index is -0.527. The van der Waals surface area contributed by atoms with E-state index in [-0.39, 0.29) is 6.04 Å². The third kappa shape index (κ3) is 7.54. The van der Waals surface area contributed by atoms with E-state index in [1.54, 1.807) is 7.05 Å². The molecule has 172 valence electrons. The second kappa shape index (κ2) is 10.7. The summed E-state index contributed by atoms with van der Waals surface area (Å²) in [6.07, 6.45) is 2.01. The van der Waals surface area contributed by atoms with E-state index in [9.17, 15) is 4.79 Å². The number of hydrogen-bond donors (Lipinski definition) is 3. The van der Waals surface area contributed by atoms with Gasteiger partial charge in [-0.25, -0.2) is 4.79 Å². The van der Waals surface area contributed by atoms with E-state index in [1.165, 1.54) is 11.3 Å². The van der Waals surface area contributed by atoms with Crippen LogP contribution in [-0.4, -0.2) is 52.6 Å². The number of alkyl carbamates (subject to hydrolysis) is 1. The SMILES string of the molecule is CCC(CC)(CNC(=NC)NC(C)Cc1c(C)nn(C)c1C)NC(=O)OC(C)(C)C. The number of aliphatic imine (C=N–C) groups is 1. The summed E-state index contributed by atoms with van der Waals surface area (Å²) < 4.78 is 7.37. The molecule has 8 heteroatoms. The smallest absolute Gasteiger partial charge is 0.408 e. The van der Waals surface area contributed by atoms with Gasteiger partial charge in [-0.3, -0.25) is 9.67 Å². The number of nitrogens with zero attached hydrogens (tertiary/aromatic N) is 3. The molecule has 0 aliphatic heterocycles. The Morgan fingerprint density at radius 3 is 2.27 bits per heavy atom. The molecule has 0 spiro atoms. The van der Waals surface area contributed by atoms with Gasteiger partial charge in [0.15, 0.2) is 5.96 Å². The van der Waals surface area contributed by atoms with E-state index < -0.39 is 17.2 Å². The molecule has 0 aromatic carbocycles. The quantitative estimate of drug-likeness (QED) is 0.442. The summed E-state index contributed by atoms with van der Waals surface area (Å²) in [5.74, 6) is 0.707. The van der Waals surface area contributed by atoms with Crippen molar-refractivity contribution in [1.82, 2.24) is 25.7 Å². The van der Waals surface area contributed by atoms with Gasteiger partial charge in [0.05, 0.1) is 11.2 Å². The van der Waals surface area contributed by atoms with Crippen LogP contribution in [0.15, 0.2) is 4.99 Å². The highest BCUT2D eigenvalue weighted by Gasteiger charge is 2.30. The lowest BCUT2D eigenvalue weighted by atomic mass is 9.93. The Labute approximate surface area is 182 Å². The van der Waals surface area contributed by atoms with Crippen LogP contribution in [0.1, 0.15) is 71.3 Å². The van der Waals surface area contributed by atoms with E-state index in [2.05, 4.69) is 53.7 Å². The van der Waals surface area contributed by atoms with Crippen LogP contribution >= 0.6 is 0 Å². The lowest BCUT2D eigenvalue weighted by molar-refractivity contribution is 0.0448. The monoisotopic (exact) mass is 422 g/mol. The van der Waals surface area contributed by atoms with E-state index >= 15 is 0 Å². The number of amides is 1. The van der Waals surface area contributed by atoms with Gasteiger partial charge < -0.3 is 20.7 Å². The third-order valence-corrected chi connectivity index (χ3v) is 5.49. The maximum absolute atomic E-state index is 12.3. The predicted molar refractivity (Wildman–Crippen MR) is 123 cm³/mol. The molecule has 0 fully saturated rings. The van der Waals surface area contributed by atoms with Gasteiger partial charge >= 0.3 is 6.09 Å². The topological polar surface area (TPSA) is 92.6 Å². The average molecular weight is 423 g/mol. The predicted octanol–water partition coefficient (Wildman–Crippen LogP) is 3.22. The lowest BCUT2D eigenvalue weighted by Crippen LogP contribution is -2.57. The van der Waals surface area contributed by atoms with Crippen molar-refractivity contribution in [2.45, 2.75) is 91.8 Å². The zero-order valence-corrected chi connectivity index (χ0v) is 20.6. The number of rotatable bonds is 8. The number of guanidine groups is 1. The average Bonchev–Trinajstić information content (AvgIpc) is 2.88. The molecule has 0 bridgehead atoms. The summed E-state index contributed by atoms with van der Waals surface area (Å²) in [6.45, 7) is 16.5. The van der Waals surface area contributed by atoms with Crippen molar-refractivity contribution in [2.24, 2.45) is 12.0 Å². The van der Waals surface area contributed by atoms with Crippen LogP contribution in [0, 0.1) is 13.8 Å². The first-order valence-corrected chi connectivity index (χ1v) is 10.8. The molecule has 1 amide bonds.